The van der Waals surface area contributed by atoms with E-state index in [0.29, 0.717) is 34.7 Å². The Bertz CT molecular complexity index is 1190. The van der Waals surface area contributed by atoms with Crippen LogP contribution < -0.4 is 15.0 Å². The molecule has 3 aromatic rings. The molecule has 7 nitrogen and oxygen atoms in total. The maximum atomic E-state index is 13.2. The molecule has 34 heavy (non-hydrogen) atoms. The van der Waals surface area contributed by atoms with Crippen LogP contribution in [0.5, 0.6) is 17.2 Å². The first-order valence-corrected chi connectivity index (χ1v) is 11.4. The molecule has 0 aliphatic heterocycles. The highest BCUT2D eigenvalue weighted by Crippen LogP contribution is 2.41. The highest BCUT2D eigenvalue weighted by molar-refractivity contribution is 5.99. The second-order valence-electron chi connectivity index (χ2n) is 8.18. The first kappa shape index (κ1) is 24.9. The lowest BCUT2D eigenvalue weighted by Crippen LogP contribution is -2.35. The number of nitrogens with zero attached hydrogens (tertiary/aromatic N) is 1. The molecular formula is C27H32N2O5. The van der Waals surface area contributed by atoms with Crippen molar-refractivity contribution in [2.24, 2.45) is 0 Å². The molecular weight excluding hydrogens is 432 g/mol. The number of pyridine rings is 1. The van der Waals surface area contributed by atoms with Gasteiger partial charge in [-0.15, -0.1) is 0 Å². The topological polar surface area (TPSA) is 91.9 Å². The van der Waals surface area contributed by atoms with Gasteiger partial charge in [0.05, 0.1) is 13.7 Å². The van der Waals surface area contributed by atoms with Crippen molar-refractivity contribution in [3.63, 3.8) is 0 Å². The first-order chi connectivity index (χ1) is 16.4. The lowest BCUT2D eigenvalue weighted by atomic mass is 9.93. The van der Waals surface area contributed by atoms with Crippen LogP contribution in [-0.2, 0) is 6.42 Å². The van der Waals surface area contributed by atoms with Crippen LogP contribution >= 0.6 is 0 Å². The number of benzene rings is 2. The van der Waals surface area contributed by atoms with Crippen molar-refractivity contribution in [1.82, 2.24) is 9.88 Å². The van der Waals surface area contributed by atoms with Gasteiger partial charge < -0.3 is 24.5 Å². The number of methoxy groups -OCH3 is 1. The van der Waals surface area contributed by atoms with Crippen LogP contribution in [0.15, 0.2) is 53.3 Å². The molecule has 0 unspecified atom stereocenters. The quantitative estimate of drug-likeness (QED) is 0.459. The zero-order valence-corrected chi connectivity index (χ0v) is 20.2. The number of aryl methyl sites for hydroxylation is 2. The summed E-state index contributed by atoms with van der Waals surface area (Å²) in [6.07, 6.45) is 2.29. The summed E-state index contributed by atoms with van der Waals surface area (Å²) in [6, 6.07) is 14.8. The molecule has 3 rings (SSSR count). The van der Waals surface area contributed by atoms with Crippen LogP contribution in [0, 0.1) is 6.92 Å². The van der Waals surface area contributed by atoms with Crippen molar-refractivity contribution in [2.75, 3.05) is 27.3 Å². The van der Waals surface area contributed by atoms with E-state index in [-0.39, 0.29) is 24.5 Å². The van der Waals surface area contributed by atoms with Crippen LogP contribution in [0.1, 0.15) is 41.4 Å². The molecule has 0 atom stereocenters. The van der Waals surface area contributed by atoms with Crippen LogP contribution in [0.2, 0.25) is 0 Å². The number of ether oxygens (including phenoxy) is 2. The Kier molecular flexibility index (Phi) is 8.35. The third-order valence-electron chi connectivity index (χ3n) is 5.75. The molecule has 0 fully saturated rings. The summed E-state index contributed by atoms with van der Waals surface area (Å²) in [4.78, 5) is 30.4. The zero-order valence-electron chi connectivity index (χ0n) is 20.2. The molecule has 0 bridgehead atoms. The molecule has 0 saturated heterocycles. The Hall–Kier alpha value is -3.74. The zero-order chi connectivity index (χ0) is 24.7. The van der Waals surface area contributed by atoms with Gasteiger partial charge in [-0.1, -0.05) is 43.7 Å². The first-order valence-electron chi connectivity index (χ1n) is 11.4. The summed E-state index contributed by atoms with van der Waals surface area (Å²) < 4.78 is 11.2. The number of para-hydroxylation sites is 1. The second kappa shape index (κ2) is 11.4. The number of amides is 1. The number of carbonyl (C=O) groups excluding carboxylic acids is 1. The Morgan fingerprint density at radius 1 is 1.09 bits per heavy atom. The molecule has 0 aliphatic carbocycles. The number of likely N-dealkylation sites (N-methyl/N-ethyl adjacent to an activating group) is 1. The van der Waals surface area contributed by atoms with Gasteiger partial charge in [-0.3, -0.25) is 9.59 Å². The standard InChI is InChI=1S/C27H32N2O5/c1-5-6-14-20-23(22-18(2)11-10-15-21(22)33-4)25(30)24(26(31)28-20)27(32)29(3)16-17-34-19-12-8-7-9-13-19/h7-13,15H,5-6,14,16-17H2,1-4H3,(H2,28,30,31). The van der Waals surface area contributed by atoms with Crippen molar-refractivity contribution < 1.29 is 19.4 Å². The smallest absolute Gasteiger partial charge is 0.264 e. The average molecular weight is 465 g/mol. The Morgan fingerprint density at radius 3 is 2.50 bits per heavy atom. The van der Waals surface area contributed by atoms with Crippen molar-refractivity contribution in [1.29, 1.82) is 0 Å². The van der Waals surface area contributed by atoms with Gasteiger partial charge in [0.25, 0.3) is 11.5 Å². The summed E-state index contributed by atoms with van der Waals surface area (Å²) in [6.45, 7) is 4.45. The van der Waals surface area contributed by atoms with Crippen molar-refractivity contribution in [3.05, 3.63) is 75.7 Å². The molecule has 0 spiro atoms. The van der Waals surface area contributed by atoms with E-state index in [1.54, 1.807) is 20.2 Å². The Morgan fingerprint density at radius 2 is 1.82 bits per heavy atom. The SMILES string of the molecule is CCCCc1[nH]c(=O)c(C(=O)N(C)CCOc2ccccc2)c(O)c1-c1c(C)cccc1OC. The number of hydrogen-bond acceptors (Lipinski definition) is 5. The van der Waals surface area contributed by atoms with Gasteiger partial charge in [0.2, 0.25) is 0 Å². The minimum atomic E-state index is -0.610. The fraction of sp³-hybridized carbons (Fsp3) is 0.333. The molecule has 1 amide bonds. The van der Waals surface area contributed by atoms with Crippen molar-refractivity contribution in [3.8, 4) is 28.4 Å². The van der Waals surface area contributed by atoms with E-state index in [4.69, 9.17) is 9.47 Å². The molecule has 7 heteroatoms. The van der Waals surface area contributed by atoms with Gasteiger partial charge in [0.15, 0.2) is 0 Å². The van der Waals surface area contributed by atoms with E-state index in [9.17, 15) is 14.7 Å². The lowest BCUT2D eigenvalue weighted by molar-refractivity contribution is 0.0769. The van der Waals surface area contributed by atoms with Gasteiger partial charge in [-0.05, 0) is 43.5 Å². The fourth-order valence-corrected chi connectivity index (χ4v) is 3.89. The minimum Gasteiger partial charge on any atom is -0.506 e. The van der Waals surface area contributed by atoms with E-state index in [1.807, 2.05) is 49.4 Å². The monoisotopic (exact) mass is 464 g/mol. The van der Waals surface area contributed by atoms with E-state index >= 15 is 0 Å². The Labute approximate surface area is 200 Å². The number of hydrogen-bond donors (Lipinski definition) is 2. The molecule has 180 valence electrons. The molecule has 0 aliphatic rings. The molecule has 0 radical (unpaired) electrons. The molecule has 0 saturated carbocycles. The normalized spacial score (nSPS) is 10.7. The third kappa shape index (κ3) is 5.42. The fourth-order valence-electron chi connectivity index (χ4n) is 3.89. The summed E-state index contributed by atoms with van der Waals surface area (Å²) in [5.41, 5.74) is 1.64. The largest absolute Gasteiger partial charge is 0.506 e. The number of aromatic nitrogens is 1. The predicted octanol–water partition coefficient (Wildman–Crippen LogP) is 4.56. The minimum absolute atomic E-state index is 0.243. The number of aromatic amines is 1. The summed E-state index contributed by atoms with van der Waals surface area (Å²) in [7, 11) is 3.13. The van der Waals surface area contributed by atoms with Crippen molar-refractivity contribution >= 4 is 5.91 Å². The second-order valence-corrected chi connectivity index (χ2v) is 8.18. The van der Waals surface area contributed by atoms with Gasteiger partial charge >= 0.3 is 0 Å². The number of carbonyl (C=O) groups is 1. The van der Waals surface area contributed by atoms with Gasteiger partial charge in [0.1, 0.15) is 29.4 Å². The van der Waals surface area contributed by atoms with Crippen LogP contribution in [0.4, 0.5) is 0 Å². The number of unbranched alkanes of at least 4 members (excludes halogenated alkanes) is 1. The molecule has 2 N–H and O–H groups in total. The summed E-state index contributed by atoms with van der Waals surface area (Å²) >= 11 is 0. The number of rotatable bonds is 10. The van der Waals surface area contributed by atoms with Gasteiger partial charge in [0, 0.05) is 23.9 Å². The van der Waals surface area contributed by atoms with Gasteiger partial charge in [-0.2, -0.15) is 0 Å². The van der Waals surface area contributed by atoms with Crippen LogP contribution in [0.3, 0.4) is 0 Å². The predicted molar refractivity (Wildman–Crippen MR) is 133 cm³/mol. The molecule has 1 aromatic heterocycles. The Balaban J connectivity index is 1.99. The number of nitrogens with one attached hydrogen (secondary N) is 1. The van der Waals surface area contributed by atoms with E-state index in [0.717, 1.165) is 18.4 Å². The third-order valence-corrected chi connectivity index (χ3v) is 5.75. The number of H-pyrrole nitrogens is 1. The van der Waals surface area contributed by atoms with Crippen LogP contribution in [-0.4, -0.2) is 48.2 Å². The molecule has 1 heterocycles. The van der Waals surface area contributed by atoms with E-state index in [2.05, 4.69) is 11.9 Å². The summed E-state index contributed by atoms with van der Waals surface area (Å²) in [5.74, 6) is 0.343. The maximum Gasteiger partial charge on any atom is 0.264 e. The van der Waals surface area contributed by atoms with E-state index in [1.165, 1.54) is 4.90 Å². The van der Waals surface area contributed by atoms with Crippen LogP contribution in [0.25, 0.3) is 11.1 Å². The highest BCUT2D eigenvalue weighted by Gasteiger charge is 2.27. The van der Waals surface area contributed by atoms with Gasteiger partial charge in [-0.25, -0.2) is 0 Å². The van der Waals surface area contributed by atoms with E-state index < -0.39 is 11.5 Å². The lowest BCUT2D eigenvalue weighted by Gasteiger charge is -2.21. The summed E-state index contributed by atoms with van der Waals surface area (Å²) in [5, 5.41) is 11.3. The van der Waals surface area contributed by atoms with Crippen molar-refractivity contribution in [2.45, 2.75) is 33.1 Å². The highest BCUT2D eigenvalue weighted by atomic mass is 16.5. The molecule has 2 aromatic carbocycles. The average Bonchev–Trinajstić information content (AvgIpc) is 2.83. The number of aromatic hydroxyl groups is 1. The maximum absolute atomic E-state index is 13.2.